The third-order valence-corrected chi connectivity index (χ3v) is 3.79. The van der Waals surface area contributed by atoms with Crippen LogP contribution in [0.5, 0.6) is 0 Å². The lowest BCUT2D eigenvalue weighted by atomic mass is 10.2. The largest absolute Gasteiger partial charge is 0.376 e. The maximum absolute atomic E-state index is 11.9. The van der Waals surface area contributed by atoms with E-state index in [2.05, 4.69) is 12.1 Å². The molecule has 0 radical (unpaired) electrons. The minimum atomic E-state index is 0.0676. The third-order valence-electron chi connectivity index (χ3n) is 2.73. The summed E-state index contributed by atoms with van der Waals surface area (Å²) in [5.41, 5.74) is 2.37. The fourth-order valence-corrected chi connectivity index (χ4v) is 2.58. The van der Waals surface area contributed by atoms with Gasteiger partial charge >= 0.3 is 0 Å². The molecule has 2 aromatic rings. The highest BCUT2D eigenvalue weighted by Crippen LogP contribution is 2.14. The topological polar surface area (TPSA) is 20.3 Å². The number of carbonyl (C=O) groups excluding carboxylic acids is 1. The van der Waals surface area contributed by atoms with Crippen molar-refractivity contribution in [3.63, 3.8) is 0 Å². The molecule has 1 heterocycles. The van der Waals surface area contributed by atoms with E-state index in [0.29, 0.717) is 0 Å². The summed E-state index contributed by atoms with van der Waals surface area (Å²) < 4.78 is 0. The first-order valence-electron chi connectivity index (χ1n) is 6.17. The van der Waals surface area contributed by atoms with E-state index in [1.54, 1.807) is 6.08 Å². The van der Waals surface area contributed by atoms with Gasteiger partial charge in [0, 0.05) is 25.9 Å². The van der Waals surface area contributed by atoms with Gasteiger partial charge in [0.25, 0.3) is 0 Å². The second-order valence-electron chi connectivity index (χ2n) is 4.57. The molecule has 3 heteroatoms. The lowest BCUT2D eigenvalue weighted by Crippen LogP contribution is -2.10. The van der Waals surface area contributed by atoms with Gasteiger partial charge in [0.05, 0.1) is 4.88 Å². The number of thiophene rings is 1. The van der Waals surface area contributed by atoms with Gasteiger partial charge in [0.1, 0.15) is 0 Å². The quantitative estimate of drug-likeness (QED) is 0.607. The normalized spacial score (nSPS) is 10.8. The summed E-state index contributed by atoms with van der Waals surface area (Å²) in [7, 11) is 1.97. The van der Waals surface area contributed by atoms with Crippen molar-refractivity contribution in [3.05, 3.63) is 70.1 Å². The lowest BCUT2D eigenvalue weighted by Gasteiger charge is -2.13. The molecule has 0 aliphatic carbocycles. The number of benzene rings is 1. The van der Waals surface area contributed by atoms with E-state index in [-0.39, 0.29) is 5.78 Å². The van der Waals surface area contributed by atoms with E-state index in [1.165, 1.54) is 16.9 Å². The van der Waals surface area contributed by atoms with E-state index < -0.39 is 0 Å². The second-order valence-corrected chi connectivity index (χ2v) is 5.48. The molecule has 0 saturated carbocycles. The van der Waals surface area contributed by atoms with Crippen LogP contribution in [0, 0.1) is 6.92 Å². The number of allylic oxidation sites excluding steroid dienone is 1. The molecule has 0 amide bonds. The molecule has 1 aromatic heterocycles. The first kappa shape index (κ1) is 13.6. The van der Waals surface area contributed by atoms with E-state index in [1.807, 2.05) is 54.7 Å². The monoisotopic (exact) mass is 271 g/mol. The van der Waals surface area contributed by atoms with Gasteiger partial charge in [-0.1, -0.05) is 30.3 Å². The lowest BCUT2D eigenvalue weighted by molar-refractivity contribution is 0.104. The Hall–Kier alpha value is -1.87. The molecule has 0 aliphatic heterocycles. The van der Waals surface area contributed by atoms with E-state index in [9.17, 15) is 4.79 Å². The Morgan fingerprint density at radius 2 is 2.05 bits per heavy atom. The van der Waals surface area contributed by atoms with Gasteiger partial charge < -0.3 is 4.90 Å². The summed E-state index contributed by atoms with van der Waals surface area (Å²) in [5, 5.41) is 1.99. The van der Waals surface area contributed by atoms with Gasteiger partial charge in [-0.2, -0.15) is 0 Å². The zero-order chi connectivity index (χ0) is 13.7. The highest BCUT2D eigenvalue weighted by molar-refractivity contribution is 7.12. The Morgan fingerprint density at radius 1 is 1.32 bits per heavy atom. The van der Waals surface area contributed by atoms with E-state index in [0.717, 1.165) is 17.0 Å². The first-order valence-corrected chi connectivity index (χ1v) is 7.05. The Labute approximate surface area is 118 Å². The Balaban J connectivity index is 1.93. The molecule has 0 bridgehead atoms. The molecule has 0 aliphatic rings. The average molecular weight is 271 g/mol. The second kappa shape index (κ2) is 6.34. The minimum absolute atomic E-state index is 0.0676. The van der Waals surface area contributed by atoms with Gasteiger partial charge in [-0.15, -0.1) is 11.3 Å². The SMILES string of the molecule is Cc1csc(C(=O)C=CN(C)Cc2ccccc2)c1. The van der Waals surface area contributed by atoms with Gasteiger partial charge in [-0.25, -0.2) is 0 Å². The molecular formula is C16H17NOS. The number of ketones is 1. The molecule has 1 aromatic carbocycles. The first-order chi connectivity index (χ1) is 9.15. The standard InChI is InChI=1S/C16H17NOS/c1-13-10-16(19-12-13)15(18)8-9-17(2)11-14-6-4-3-5-7-14/h3-10,12H,11H2,1-2H3. The predicted molar refractivity (Wildman–Crippen MR) is 80.4 cm³/mol. The van der Waals surface area contributed by atoms with Crippen LogP contribution in [-0.2, 0) is 6.54 Å². The van der Waals surface area contributed by atoms with Crippen molar-refractivity contribution in [2.45, 2.75) is 13.5 Å². The highest BCUT2D eigenvalue weighted by atomic mass is 32.1. The molecule has 98 valence electrons. The molecule has 0 fully saturated rings. The Bertz CT molecular complexity index is 571. The number of hydrogen-bond donors (Lipinski definition) is 0. The number of hydrogen-bond acceptors (Lipinski definition) is 3. The minimum Gasteiger partial charge on any atom is -0.376 e. The van der Waals surface area contributed by atoms with Gasteiger partial charge in [0.2, 0.25) is 0 Å². The smallest absolute Gasteiger partial charge is 0.197 e. The molecule has 2 nitrogen and oxygen atoms in total. The van der Waals surface area contributed by atoms with Crippen molar-refractivity contribution < 1.29 is 4.79 Å². The van der Waals surface area contributed by atoms with Crippen molar-refractivity contribution in [2.75, 3.05) is 7.05 Å². The van der Waals surface area contributed by atoms with Crippen molar-refractivity contribution in [2.24, 2.45) is 0 Å². The van der Waals surface area contributed by atoms with Gasteiger partial charge in [-0.05, 0) is 29.5 Å². The van der Waals surface area contributed by atoms with Crippen LogP contribution in [0.25, 0.3) is 0 Å². The van der Waals surface area contributed by atoms with Crippen LogP contribution >= 0.6 is 11.3 Å². The summed E-state index contributed by atoms with van der Waals surface area (Å²) >= 11 is 1.49. The van der Waals surface area contributed by atoms with Crippen molar-refractivity contribution in [3.8, 4) is 0 Å². The number of nitrogens with zero attached hydrogens (tertiary/aromatic N) is 1. The van der Waals surface area contributed by atoms with Crippen LogP contribution in [0.2, 0.25) is 0 Å². The van der Waals surface area contributed by atoms with Crippen molar-refractivity contribution in [1.82, 2.24) is 4.90 Å². The number of carbonyl (C=O) groups is 1. The van der Waals surface area contributed by atoms with Crippen LogP contribution in [0.15, 0.2) is 54.1 Å². The summed E-state index contributed by atoms with van der Waals surface area (Å²) in [6.07, 6.45) is 3.47. The Morgan fingerprint density at radius 3 is 2.68 bits per heavy atom. The highest BCUT2D eigenvalue weighted by Gasteiger charge is 2.04. The number of aryl methyl sites for hydroxylation is 1. The van der Waals surface area contributed by atoms with Gasteiger partial charge in [0.15, 0.2) is 5.78 Å². The maximum atomic E-state index is 11.9. The maximum Gasteiger partial charge on any atom is 0.197 e. The molecule has 0 saturated heterocycles. The van der Waals surface area contributed by atoms with Crippen molar-refractivity contribution in [1.29, 1.82) is 0 Å². The summed E-state index contributed by atoms with van der Waals surface area (Å²) in [6, 6.07) is 12.1. The summed E-state index contributed by atoms with van der Waals surface area (Å²) in [5.74, 6) is 0.0676. The number of rotatable bonds is 5. The predicted octanol–water partition coefficient (Wildman–Crippen LogP) is 3.88. The zero-order valence-corrected chi connectivity index (χ0v) is 12.0. The fraction of sp³-hybridized carbons (Fsp3) is 0.188. The van der Waals surface area contributed by atoms with Crippen LogP contribution in [-0.4, -0.2) is 17.7 Å². The van der Waals surface area contributed by atoms with E-state index >= 15 is 0 Å². The third kappa shape index (κ3) is 4.07. The fourth-order valence-electron chi connectivity index (χ4n) is 1.76. The molecule has 0 atom stereocenters. The van der Waals surface area contributed by atoms with Crippen LogP contribution in [0.4, 0.5) is 0 Å². The van der Waals surface area contributed by atoms with Crippen molar-refractivity contribution >= 4 is 17.1 Å². The van der Waals surface area contributed by atoms with Crippen LogP contribution in [0.3, 0.4) is 0 Å². The van der Waals surface area contributed by atoms with E-state index in [4.69, 9.17) is 0 Å². The molecule has 2 rings (SSSR count). The summed E-state index contributed by atoms with van der Waals surface area (Å²) in [6.45, 7) is 2.80. The van der Waals surface area contributed by atoms with Crippen LogP contribution < -0.4 is 0 Å². The molecule has 0 N–H and O–H groups in total. The Kier molecular flexibility index (Phi) is 4.53. The molecular weight excluding hydrogens is 254 g/mol. The van der Waals surface area contributed by atoms with Gasteiger partial charge in [-0.3, -0.25) is 4.79 Å². The summed E-state index contributed by atoms with van der Waals surface area (Å²) in [4.78, 5) is 14.7. The zero-order valence-electron chi connectivity index (χ0n) is 11.2. The molecule has 19 heavy (non-hydrogen) atoms. The van der Waals surface area contributed by atoms with Crippen LogP contribution in [0.1, 0.15) is 20.8 Å². The molecule has 0 spiro atoms. The molecule has 0 unspecified atom stereocenters. The average Bonchev–Trinajstić information content (AvgIpc) is 2.84.